The van der Waals surface area contributed by atoms with E-state index in [9.17, 15) is 4.79 Å². The minimum atomic E-state index is -0.158. The van der Waals surface area contributed by atoms with Crippen LogP contribution in [0.4, 0.5) is 10.5 Å². The van der Waals surface area contributed by atoms with Crippen LogP contribution in [0.25, 0.3) is 10.8 Å². The summed E-state index contributed by atoms with van der Waals surface area (Å²) in [4.78, 5) is 18.7. The van der Waals surface area contributed by atoms with Crippen LogP contribution in [0, 0.1) is 5.92 Å². The molecule has 1 fully saturated rings. The van der Waals surface area contributed by atoms with Crippen molar-refractivity contribution in [1.82, 2.24) is 15.2 Å². The number of carbonyl (C=O) groups excluding carboxylic acids is 1. The number of nitrogens with one attached hydrogen (secondary N) is 2. The molecule has 6 heteroatoms. The third-order valence-electron chi connectivity index (χ3n) is 4.46. The Balaban J connectivity index is 1.49. The van der Waals surface area contributed by atoms with E-state index in [1.54, 1.807) is 19.5 Å². The molecule has 2 aromatic rings. The molecule has 2 N–H and O–H groups in total. The third kappa shape index (κ3) is 4.21. The first kappa shape index (κ1) is 16.7. The van der Waals surface area contributed by atoms with Crippen molar-refractivity contribution >= 4 is 22.5 Å². The number of urea groups is 1. The van der Waals surface area contributed by atoms with E-state index in [1.807, 2.05) is 24.3 Å². The van der Waals surface area contributed by atoms with Crippen molar-refractivity contribution in [2.45, 2.75) is 6.42 Å². The van der Waals surface area contributed by atoms with Gasteiger partial charge in [0, 0.05) is 49.9 Å². The Labute approximate surface area is 142 Å². The molecule has 128 valence electrons. The number of pyridine rings is 1. The van der Waals surface area contributed by atoms with E-state index in [0.717, 1.165) is 49.1 Å². The number of amides is 2. The second-order valence-electron chi connectivity index (χ2n) is 6.19. The standard InChI is InChI=1S/C18H24N4O2/c1-24-10-9-22-8-6-14(13-22)11-20-18(23)21-17-4-2-3-15-12-19-7-5-16(15)17/h2-5,7,12,14H,6,8-11,13H2,1H3,(H2,20,21,23)/t14-/m0/s1. The molecule has 1 saturated heterocycles. The molecular weight excluding hydrogens is 304 g/mol. The Bertz CT molecular complexity index is 686. The summed E-state index contributed by atoms with van der Waals surface area (Å²) in [5, 5.41) is 7.94. The SMILES string of the molecule is COCCN1CC[C@@H](CNC(=O)Nc2cccc3cnccc23)C1. The smallest absolute Gasteiger partial charge is 0.319 e. The molecule has 24 heavy (non-hydrogen) atoms. The Morgan fingerprint density at radius 3 is 3.21 bits per heavy atom. The van der Waals surface area contributed by atoms with Crippen molar-refractivity contribution in [3.63, 3.8) is 0 Å². The summed E-state index contributed by atoms with van der Waals surface area (Å²) in [6.07, 6.45) is 4.65. The molecule has 1 aromatic heterocycles. The van der Waals surface area contributed by atoms with E-state index in [2.05, 4.69) is 20.5 Å². The molecule has 0 unspecified atom stereocenters. The predicted octanol–water partition coefficient (Wildman–Crippen LogP) is 2.32. The van der Waals surface area contributed by atoms with Crippen LogP contribution in [-0.4, -0.2) is 55.8 Å². The summed E-state index contributed by atoms with van der Waals surface area (Å²) in [6, 6.07) is 7.57. The summed E-state index contributed by atoms with van der Waals surface area (Å²) >= 11 is 0. The van der Waals surface area contributed by atoms with Crippen molar-refractivity contribution in [3.8, 4) is 0 Å². The fraction of sp³-hybridized carbons (Fsp3) is 0.444. The van der Waals surface area contributed by atoms with Gasteiger partial charge in [0.2, 0.25) is 0 Å². The number of anilines is 1. The maximum atomic E-state index is 12.2. The van der Waals surface area contributed by atoms with Crippen molar-refractivity contribution in [2.75, 3.05) is 45.2 Å². The van der Waals surface area contributed by atoms with Gasteiger partial charge >= 0.3 is 6.03 Å². The molecular formula is C18H24N4O2. The van der Waals surface area contributed by atoms with Gasteiger partial charge in [0.1, 0.15) is 0 Å². The largest absolute Gasteiger partial charge is 0.383 e. The van der Waals surface area contributed by atoms with Gasteiger partial charge in [-0.05, 0) is 31.0 Å². The summed E-state index contributed by atoms with van der Waals surface area (Å²) < 4.78 is 5.11. The number of hydrogen-bond donors (Lipinski definition) is 2. The number of likely N-dealkylation sites (tertiary alicyclic amines) is 1. The van der Waals surface area contributed by atoms with Crippen molar-refractivity contribution in [2.24, 2.45) is 5.92 Å². The van der Waals surface area contributed by atoms with Crippen LogP contribution >= 0.6 is 0 Å². The number of carbonyl (C=O) groups is 1. The topological polar surface area (TPSA) is 66.5 Å². The van der Waals surface area contributed by atoms with E-state index in [4.69, 9.17) is 4.74 Å². The number of methoxy groups -OCH3 is 1. The lowest BCUT2D eigenvalue weighted by atomic mass is 10.1. The molecule has 0 aliphatic carbocycles. The molecule has 1 aliphatic rings. The normalized spacial score (nSPS) is 18.0. The fourth-order valence-corrected chi connectivity index (χ4v) is 3.14. The number of nitrogens with zero attached hydrogens (tertiary/aromatic N) is 2. The number of benzene rings is 1. The monoisotopic (exact) mass is 328 g/mol. The number of aromatic nitrogens is 1. The maximum absolute atomic E-state index is 12.2. The molecule has 1 aromatic carbocycles. The zero-order valence-electron chi connectivity index (χ0n) is 14.0. The molecule has 2 heterocycles. The first-order chi connectivity index (χ1) is 11.8. The Morgan fingerprint density at radius 2 is 2.33 bits per heavy atom. The number of rotatable bonds is 6. The van der Waals surface area contributed by atoms with Gasteiger partial charge < -0.3 is 20.3 Å². The van der Waals surface area contributed by atoms with Crippen LogP contribution in [0.5, 0.6) is 0 Å². The molecule has 0 radical (unpaired) electrons. The Morgan fingerprint density at radius 1 is 1.42 bits per heavy atom. The van der Waals surface area contributed by atoms with Gasteiger partial charge in [0.05, 0.1) is 12.3 Å². The highest BCUT2D eigenvalue weighted by Crippen LogP contribution is 2.22. The van der Waals surface area contributed by atoms with E-state index in [0.29, 0.717) is 12.5 Å². The summed E-state index contributed by atoms with van der Waals surface area (Å²) in [5.74, 6) is 0.504. The lowest BCUT2D eigenvalue weighted by molar-refractivity contribution is 0.159. The molecule has 3 rings (SSSR count). The summed E-state index contributed by atoms with van der Waals surface area (Å²) in [6.45, 7) is 4.51. The highest BCUT2D eigenvalue weighted by Gasteiger charge is 2.22. The van der Waals surface area contributed by atoms with Gasteiger partial charge in [-0.1, -0.05) is 12.1 Å². The molecule has 6 nitrogen and oxygen atoms in total. The zero-order chi connectivity index (χ0) is 16.8. The fourth-order valence-electron chi connectivity index (χ4n) is 3.14. The number of fused-ring (bicyclic) bond motifs is 1. The number of ether oxygens (including phenoxy) is 1. The minimum absolute atomic E-state index is 0.158. The van der Waals surface area contributed by atoms with Crippen LogP contribution < -0.4 is 10.6 Å². The lowest BCUT2D eigenvalue weighted by Gasteiger charge is -2.16. The maximum Gasteiger partial charge on any atom is 0.319 e. The van der Waals surface area contributed by atoms with Crippen molar-refractivity contribution < 1.29 is 9.53 Å². The minimum Gasteiger partial charge on any atom is -0.383 e. The van der Waals surface area contributed by atoms with Crippen LogP contribution in [0.3, 0.4) is 0 Å². The van der Waals surface area contributed by atoms with E-state index in [1.165, 1.54) is 0 Å². The van der Waals surface area contributed by atoms with Gasteiger partial charge in [-0.2, -0.15) is 0 Å². The molecule has 1 atom stereocenters. The number of hydrogen-bond acceptors (Lipinski definition) is 4. The van der Waals surface area contributed by atoms with Crippen LogP contribution in [0.1, 0.15) is 6.42 Å². The highest BCUT2D eigenvalue weighted by atomic mass is 16.5. The van der Waals surface area contributed by atoms with Crippen molar-refractivity contribution in [3.05, 3.63) is 36.7 Å². The zero-order valence-corrected chi connectivity index (χ0v) is 14.0. The average Bonchev–Trinajstić information content (AvgIpc) is 3.06. The molecule has 0 spiro atoms. The van der Waals surface area contributed by atoms with Crippen molar-refractivity contribution in [1.29, 1.82) is 0 Å². The van der Waals surface area contributed by atoms with Gasteiger partial charge in [-0.25, -0.2) is 4.79 Å². The average molecular weight is 328 g/mol. The summed E-state index contributed by atoms with van der Waals surface area (Å²) in [7, 11) is 1.72. The van der Waals surface area contributed by atoms with E-state index in [-0.39, 0.29) is 6.03 Å². The first-order valence-electron chi connectivity index (χ1n) is 8.35. The quantitative estimate of drug-likeness (QED) is 0.854. The van der Waals surface area contributed by atoms with E-state index < -0.39 is 0 Å². The van der Waals surface area contributed by atoms with Gasteiger partial charge in [0.25, 0.3) is 0 Å². The second-order valence-corrected chi connectivity index (χ2v) is 6.19. The summed E-state index contributed by atoms with van der Waals surface area (Å²) in [5.41, 5.74) is 0.806. The molecule has 1 aliphatic heterocycles. The van der Waals surface area contributed by atoms with Crippen LogP contribution in [0.2, 0.25) is 0 Å². The first-order valence-corrected chi connectivity index (χ1v) is 8.35. The van der Waals surface area contributed by atoms with Crippen LogP contribution in [-0.2, 0) is 4.74 Å². The molecule has 2 amide bonds. The molecule has 0 bridgehead atoms. The predicted molar refractivity (Wildman–Crippen MR) is 95.2 cm³/mol. The van der Waals surface area contributed by atoms with E-state index >= 15 is 0 Å². The molecule has 0 saturated carbocycles. The highest BCUT2D eigenvalue weighted by molar-refractivity contribution is 6.01. The van der Waals surface area contributed by atoms with Gasteiger partial charge in [-0.3, -0.25) is 4.98 Å². The Kier molecular flexibility index (Phi) is 5.61. The lowest BCUT2D eigenvalue weighted by Crippen LogP contribution is -2.34. The Hall–Kier alpha value is -2.18. The van der Waals surface area contributed by atoms with Gasteiger partial charge in [0.15, 0.2) is 0 Å². The van der Waals surface area contributed by atoms with Gasteiger partial charge in [-0.15, -0.1) is 0 Å². The van der Waals surface area contributed by atoms with Crippen LogP contribution in [0.15, 0.2) is 36.7 Å². The second kappa shape index (κ2) is 8.08. The third-order valence-corrected chi connectivity index (χ3v) is 4.46.